The zero-order chi connectivity index (χ0) is 28.4. The Balaban J connectivity index is 0.00000400. The van der Waals surface area contributed by atoms with Crippen LogP contribution in [0.15, 0.2) is 29.1 Å². The van der Waals surface area contributed by atoms with Crippen molar-refractivity contribution in [2.24, 2.45) is 0 Å². The van der Waals surface area contributed by atoms with Crippen molar-refractivity contribution in [2.45, 2.75) is 24.9 Å². The van der Waals surface area contributed by atoms with E-state index >= 15 is 0 Å². The van der Waals surface area contributed by atoms with E-state index in [0.29, 0.717) is 4.90 Å². The molecule has 1 aliphatic heterocycles. The quantitative estimate of drug-likeness (QED) is 0.143. The summed E-state index contributed by atoms with van der Waals surface area (Å²) >= 11 is 0. The van der Waals surface area contributed by atoms with Crippen LogP contribution in [-0.2, 0) is 14.4 Å². The van der Waals surface area contributed by atoms with Crippen LogP contribution < -0.4 is 42.4 Å². The molecule has 0 aliphatic carbocycles. The number of aromatic amines is 1. The summed E-state index contributed by atoms with van der Waals surface area (Å²) < 4.78 is 34.0. The summed E-state index contributed by atoms with van der Waals surface area (Å²) in [5, 5.41) is 28.6. The standard InChI is InChI=1S/C20H23N7O7.Ca.H2O/c21-20-25-16-15(18(32)26-20)27(9-28)12(8-23-16)7-22-11-3-1-10(2-4-11)17(31)24-13(19(33)34)5-6-14(29)30;;/h1-4,9,12-13,22H,5-8H2,(H,24,31)(H,29,30)(H,33,34)(H4,21,23,25,26,32);;1H2/q;+2;/p-2/t12?,13-;;/m0../s1/i7D2,8D,12D;;/t8?,12?,13-;;. The molecule has 36 heavy (non-hydrogen) atoms. The molecule has 0 radical (unpaired) electrons. The summed E-state index contributed by atoms with van der Waals surface area (Å²) in [7, 11) is 0. The van der Waals surface area contributed by atoms with Gasteiger partial charge in [0.25, 0.3) is 11.5 Å². The van der Waals surface area contributed by atoms with Gasteiger partial charge in [0, 0.05) is 30.2 Å². The number of nitrogen functional groups attached to an aromatic ring is 1. The number of carboxylic acid groups (broad SMARTS) is 2. The number of hydrogen-bond acceptors (Lipinski definition) is 11. The van der Waals surface area contributed by atoms with Crippen molar-refractivity contribution in [3.63, 3.8) is 0 Å². The number of carboxylic acids is 2. The Morgan fingerprint density at radius 3 is 2.61 bits per heavy atom. The Morgan fingerprint density at radius 1 is 1.36 bits per heavy atom. The molecular weight excluding hydrogens is 506 g/mol. The van der Waals surface area contributed by atoms with E-state index in [-0.39, 0.29) is 72.6 Å². The second-order valence-electron chi connectivity index (χ2n) is 6.88. The summed E-state index contributed by atoms with van der Waals surface area (Å²) in [6.07, 6.45) is -1.08. The van der Waals surface area contributed by atoms with E-state index in [4.69, 9.17) is 11.2 Å². The number of aromatic nitrogens is 2. The molecule has 2 unspecified atom stereocenters. The molecule has 15 nitrogen and oxygen atoms in total. The first-order valence-electron chi connectivity index (χ1n) is 11.7. The van der Waals surface area contributed by atoms with Gasteiger partial charge >= 0.3 is 37.7 Å². The minimum absolute atomic E-state index is 0. The summed E-state index contributed by atoms with van der Waals surface area (Å²) in [6.45, 7) is -4.75. The Bertz CT molecular complexity index is 1330. The van der Waals surface area contributed by atoms with E-state index < -0.39 is 67.0 Å². The number of rotatable bonds is 10. The summed E-state index contributed by atoms with van der Waals surface area (Å²) in [6, 6.07) is 0.397. The SMILES string of the molecule is O.[2H]C1Nc2nc(N)[nH]c(=O)c2N(C=O)C1([2H])C([2H])([2H])Nc1ccc(C(=O)N[C@@H](CCC(=O)[O-])C(=O)[O-])cc1.[Ca+2]. The predicted octanol–water partition coefficient (Wildman–Crippen LogP) is -4.61. The van der Waals surface area contributed by atoms with Crippen LogP contribution in [0.5, 0.6) is 0 Å². The number of fused-ring (bicyclic) bond motifs is 1. The number of carbonyl (C=O) groups is 4. The van der Waals surface area contributed by atoms with Crippen molar-refractivity contribution in [3.8, 4) is 0 Å². The Morgan fingerprint density at radius 2 is 2.03 bits per heavy atom. The number of nitrogens with two attached hydrogens (primary N) is 1. The molecule has 16 heteroatoms. The summed E-state index contributed by atoms with van der Waals surface area (Å²) in [5.74, 6) is -4.71. The second kappa shape index (κ2) is 13.6. The predicted molar refractivity (Wildman–Crippen MR) is 125 cm³/mol. The first-order valence-corrected chi connectivity index (χ1v) is 9.64. The Kier molecular flexibility index (Phi) is 9.20. The zero-order valence-electron chi connectivity index (χ0n) is 22.5. The first kappa shape index (κ1) is 24.3. The van der Waals surface area contributed by atoms with Gasteiger partial charge in [0.05, 0.1) is 23.5 Å². The van der Waals surface area contributed by atoms with Gasteiger partial charge in [-0.05, 0) is 37.1 Å². The van der Waals surface area contributed by atoms with Gasteiger partial charge < -0.3 is 51.9 Å². The van der Waals surface area contributed by atoms with Gasteiger partial charge in [-0.1, -0.05) is 0 Å². The number of amides is 2. The fourth-order valence-electron chi connectivity index (χ4n) is 2.93. The van der Waals surface area contributed by atoms with E-state index in [1.165, 1.54) is 24.3 Å². The van der Waals surface area contributed by atoms with Crippen molar-refractivity contribution >= 4 is 85.1 Å². The van der Waals surface area contributed by atoms with Gasteiger partial charge in [0.1, 0.15) is 0 Å². The third-order valence-corrected chi connectivity index (χ3v) is 4.57. The number of benzene rings is 1. The number of aliphatic carboxylic acids is 2. The third-order valence-electron chi connectivity index (χ3n) is 4.57. The average Bonchev–Trinajstić information content (AvgIpc) is 2.82. The van der Waals surface area contributed by atoms with Gasteiger partial charge in [0.15, 0.2) is 11.5 Å². The van der Waals surface area contributed by atoms with E-state index in [1.807, 2.05) is 0 Å². The van der Waals surface area contributed by atoms with Crippen molar-refractivity contribution in [1.82, 2.24) is 15.3 Å². The molecule has 0 bridgehead atoms. The number of hydrogen-bond donors (Lipinski definition) is 5. The maximum absolute atomic E-state index is 12.4. The molecule has 188 valence electrons. The minimum Gasteiger partial charge on any atom is -0.550 e. The van der Waals surface area contributed by atoms with E-state index in [2.05, 4.69) is 25.9 Å². The number of nitrogens with one attached hydrogen (secondary N) is 4. The molecule has 1 aromatic heterocycles. The number of anilines is 4. The van der Waals surface area contributed by atoms with Gasteiger partial charge in [-0.15, -0.1) is 0 Å². The minimum atomic E-state index is -2.90. The molecule has 2 amide bonds. The summed E-state index contributed by atoms with van der Waals surface area (Å²) in [5.41, 5.74) is 3.92. The zero-order valence-corrected chi connectivity index (χ0v) is 20.7. The molecule has 0 saturated carbocycles. The fourth-order valence-corrected chi connectivity index (χ4v) is 2.93. The van der Waals surface area contributed by atoms with Crippen LogP contribution in [0.3, 0.4) is 0 Å². The van der Waals surface area contributed by atoms with Crippen LogP contribution in [0.4, 0.5) is 23.1 Å². The smallest absolute Gasteiger partial charge is 0.550 e. The van der Waals surface area contributed by atoms with E-state index in [1.54, 1.807) is 0 Å². The van der Waals surface area contributed by atoms with Gasteiger partial charge in [-0.3, -0.25) is 19.4 Å². The van der Waals surface area contributed by atoms with Gasteiger partial charge in [-0.2, -0.15) is 4.98 Å². The second-order valence-corrected chi connectivity index (χ2v) is 6.88. The van der Waals surface area contributed by atoms with Crippen molar-refractivity contribution < 1.29 is 40.4 Å². The van der Waals surface area contributed by atoms with Crippen LogP contribution in [-0.4, -0.2) is 103 Å². The Hall–Kier alpha value is -3.40. The Labute approximate surface area is 239 Å². The van der Waals surface area contributed by atoms with Crippen LogP contribution in [0.2, 0.25) is 0 Å². The van der Waals surface area contributed by atoms with Crippen molar-refractivity contribution in [3.05, 3.63) is 40.2 Å². The van der Waals surface area contributed by atoms with E-state index in [0.717, 1.165) is 0 Å². The van der Waals surface area contributed by atoms with Gasteiger partial charge in [0.2, 0.25) is 12.4 Å². The van der Waals surface area contributed by atoms with Crippen LogP contribution in [0.1, 0.15) is 28.7 Å². The van der Waals surface area contributed by atoms with Crippen LogP contribution >= 0.6 is 0 Å². The van der Waals surface area contributed by atoms with Crippen molar-refractivity contribution in [2.75, 3.05) is 34.3 Å². The maximum atomic E-state index is 12.4. The third kappa shape index (κ3) is 7.55. The topological polar surface area (TPSA) is 257 Å². The molecule has 2 aromatic rings. The largest absolute Gasteiger partial charge is 2.00 e. The molecule has 0 spiro atoms. The molecule has 1 aliphatic rings. The molecule has 1 aromatic carbocycles. The summed E-state index contributed by atoms with van der Waals surface area (Å²) in [4.78, 5) is 64.8. The maximum Gasteiger partial charge on any atom is 2.00 e. The monoisotopic (exact) mass is 533 g/mol. The van der Waals surface area contributed by atoms with Gasteiger partial charge in [-0.25, -0.2) is 0 Å². The molecule has 0 saturated heterocycles. The normalized spacial score (nSPS) is 20.7. The van der Waals surface area contributed by atoms with E-state index in [9.17, 15) is 34.2 Å². The molecule has 8 N–H and O–H groups in total. The molecule has 3 rings (SSSR count). The van der Waals surface area contributed by atoms with Crippen molar-refractivity contribution in [1.29, 1.82) is 0 Å². The number of carbonyl (C=O) groups excluding carboxylic acids is 4. The number of H-pyrrole nitrogens is 1. The number of nitrogens with zero attached hydrogens (tertiary/aromatic N) is 2. The fraction of sp³-hybridized carbons (Fsp3) is 0.300. The van der Waals surface area contributed by atoms with Crippen LogP contribution in [0, 0.1) is 0 Å². The average molecular weight is 534 g/mol. The molecule has 0 fully saturated rings. The van der Waals surface area contributed by atoms with Crippen LogP contribution in [0.25, 0.3) is 0 Å². The molecule has 3 atom stereocenters. The molecular formula is C20H23CaN7O8. The first-order chi connectivity index (χ1) is 17.7. The molecule has 2 heterocycles.